The van der Waals surface area contributed by atoms with Crippen molar-refractivity contribution in [3.63, 3.8) is 0 Å². The van der Waals surface area contributed by atoms with Gasteiger partial charge >= 0.3 is 5.97 Å². The maximum Gasteiger partial charge on any atom is 0.337 e. The van der Waals surface area contributed by atoms with E-state index in [0.717, 1.165) is 0 Å². The highest BCUT2D eigenvalue weighted by atomic mass is 79.9. The summed E-state index contributed by atoms with van der Waals surface area (Å²) in [7, 11) is 1.27. The Hall–Kier alpha value is -2.78. The second-order valence-corrected chi connectivity index (χ2v) is 6.17. The number of amides is 2. The van der Waals surface area contributed by atoms with Crippen LogP contribution in [0.2, 0.25) is 0 Å². The van der Waals surface area contributed by atoms with E-state index >= 15 is 0 Å². The minimum Gasteiger partial charge on any atom is -0.465 e. The van der Waals surface area contributed by atoms with E-state index in [9.17, 15) is 14.4 Å². The molecule has 0 spiro atoms. The van der Waals surface area contributed by atoms with Crippen molar-refractivity contribution in [2.75, 3.05) is 7.11 Å². The Morgan fingerprint density at radius 1 is 0.923 bits per heavy atom. The van der Waals surface area contributed by atoms with Crippen LogP contribution in [0, 0.1) is 0 Å². The van der Waals surface area contributed by atoms with E-state index in [2.05, 4.69) is 36.8 Å². The molecule has 3 N–H and O–H groups in total. The molecule has 2 aromatic carbocycles. The van der Waals surface area contributed by atoms with Gasteiger partial charge in [-0.15, -0.1) is 0 Å². The Bertz CT molecular complexity index is 855. The molecule has 0 aromatic heterocycles. The average Bonchev–Trinajstić information content (AvgIpc) is 2.66. The molecule has 0 atom stereocenters. The summed E-state index contributed by atoms with van der Waals surface area (Å²) in [6, 6.07) is 12.7. The van der Waals surface area contributed by atoms with Gasteiger partial charge in [-0.3, -0.25) is 25.8 Å². The Kier molecular flexibility index (Phi) is 6.81. The van der Waals surface area contributed by atoms with Crippen LogP contribution in [0.3, 0.4) is 0 Å². The van der Waals surface area contributed by atoms with Gasteiger partial charge in [0.1, 0.15) is 0 Å². The lowest BCUT2D eigenvalue weighted by Crippen LogP contribution is -2.48. The number of halogens is 1. The van der Waals surface area contributed by atoms with Crippen molar-refractivity contribution >= 4 is 51.0 Å². The van der Waals surface area contributed by atoms with Crippen LogP contribution in [0.4, 0.5) is 0 Å². The number of hydrogen-bond acceptors (Lipinski definition) is 5. The highest BCUT2D eigenvalue weighted by molar-refractivity contribution is 9.10. The predicted molar refractivity (Wildman–Crippen MR) is 103 cm³/mol. The van der Waals surface area contributed by atoms with E-state index in [4.69, 9.17) is 12.2 Å². The molecule has 0 aliphatic carbocycles. The van der Waals surface area contributed by atoms with Gasteiger partial charge in [-0.2, -0.15) is 0 Å². The molecular weight excluding hydrogens is 422 g/mol. The second kappa shape index (κ2) is 9.07. The molecule has 2 amide bonds. The second-order valence-electron chi connectivity index (χ2n) is 4.91. The lowest BCUT2D eigenvalue weighted by atomic mass is 10.1. The molecule has 26 heavy (non-hydrogen) atoms. The zero-order chi connectivity index (χ0) is 19.1. The quantitative estimate of drug-likeness (QED) is 0.388. The number of ether oxygens (including phenoxy) is 1. The third-order valence-electron chi connectivity index (χ3n) is 3.20. The van der Waals surface area contributed by atoms with Crippen molar-refractivity contribution < 1.29 is 19.1 Å². The number of hydrogen-bond donors (Lipinski definition) is 3. The largest absolute Gasteiger partial charge is 0.465 e. The summed E-state index contributed by atoms with van der Waals surface area (Å²) in [6.07, 6.45) is 0. The van der Waals surface area contributed by atoms with Gasteiger partial charge in [-0.1, -0.05) is 12.1 Å². The molecule has 0 fully saturated rings. The molecular formula is C17H14BrN3O4S. The molecule has 7 nitrogen and oxygen atoms in total. The molecule has 0 bridgehead atoms. The molecule has 0 saturated heterocycles. The smallest absolute Gasteiger partial charge is 0.337 e. The Morgan fingerprint density at radius 3 is 2.15 bits per heavy atom. The van der Waals surface area contributed by atoms with E-state index in [0.29, 0.717) is 21.2 Å². The van der Waals surface area contributed by atoms with E-state index in [1.807, 2.05) is 0 Å². The van der Waals surface area contributed by atoms with Gasteiger partial charge in [-0.25, -0.2) is 4.79 Å². The number of hydrazine groups is 1. The summed E-state index contributed by atoms with van der Waals surface area (Å²) in [4.78, 5) is 35.5. The van der Waals surface area contributed by atoms with Crippen LogP contribution in [0.1, 0.15) is 31.1 Å². The van der Waals surface area contributed by atoms with Gasteiger partial charge < -0.3 is 4.74 Å². The third-order valence-corrected chi connectivity index (χ3v) is 4.10. The van der Waals surface area contributed by atoms with Crippen LogP contribution >= 0.6 is 28.1 Å². The minimum absolute atomic E-state index is 0.0764. The first-order valence-corrected chi connectivity index (χ1v) is 8.47. The zero-order valence-electron chi connectivity index (χ0n) is 13.5. The van der Waals surface area contributed by atoms with Crippen molar-refractivity contribution in [1.82, 2.24) is 16.2 Å². The van der Waals surface area contributed by atoms with Gasteiger partial charge in [0.2, 0.25) is 0 Å². The van der Waals surface area contributed by atoms with E-state index < -0.39 is 17.8 Å². The summed E-state index contributed by atoms with van der Waals surface area (Å²) < 4.78 is 5.21. The third kappa shape index (κ3) is 5.11. The molecule has 0 aliphatic heterocycles. The van der Waals surface area contributed by atoms with E-state index in [1.165, 1.54) is 31.4 Å². The SMILES string of the molecule is COC(=O)c1ccc(C(=O)NC(=S)NNC(=O)c2ccccc2Br)cc1. The molecule has 2 rings (SSSR count). The fourth-order valence-corrected chi connectivity index (χ4v) is 2.52. The average molecular weight is 436 g/mol. The molecule has 0 saturated carbocycles. The minimum atomic E-state index is -0.496. The van der Waals surface area contributed by atoms with Gasteiger partial charge in [0.25, 0.3) is 11.8 Å². The van der Waals surface area contributed by atoms with Crippen LogP contribution < -0.4 is 16.2 Å². The number of carbonyl (C=O) groups is 3. The number of methoxy groups -OCH3 is 1. The Morgan fingerprint density at radius 2 is 1.54 bits per heavy atom. The fraction of sp³-hybridized carbons (Fsp3) is 0.0588. The van der Waals surface area contributed by atoms with Crippen molar-refractivity contribution in [2.45, 2.75) is 0 Å². The number of nitrogens with one attached hydrogen (secondary N) is 3. The molecule has 0 aliphatic rings. The molecule has 2 aromatic rings. The summed E-state index contributed by atoms with van der Waals surface area (Å²) in [5.74, 6) is -1.41. The fourth-order valence-electron chi connectivity index (χ4n) is 1.91. The van der Waals surface area contributed by atoms with Crippen LogP contribution in [-0.4, -0.2) is 30.0 Å². The first-order valence-electron chi connectivity index (χ1n) is 7.27. The zero-order valence-corrected chi connectivity index (χ0v) is 15.9. The Balaban J connectivity index is 1.89. The summed E-state index contributed by atoms with van der Waals surface area (Å²) in [5.41, 5.74) is 5.87. The van der Waals surface area contributed by atoms with E-state index in [1.54, 1.807) is 24.3 Å². The number of benzene rings is 2. The van der Waals surface area contributed by atoms with Gasteiger partial charge in [0.15, 0.2) is 5.11 Å². The lowest BCUT2D eigenvalue weighted by Gasteiger charge is -2.11. The normalized spacial score (nSPS) is 9.77. The van der Waals surface area contributed by atoms with Crippen LogP contribution in [-0.2, 0) is 4.74 Å². The molecule has 0 radical (unpaired) electrons. The van der Waals surface area contributed by atoms with Crippen molar-refractivity contribution in [3.8, 4) is 0 Å². The maximum atomic E-state index is 12.1. The maximum absolute atomic E-state index is 12.1. The number of thiocarbonyl (C=S) groups is 1. The summed E-state index contributed by atoms with van der Waals surface area (Å²) >= 11 is 8.25. The summed E-state index contributed by atoms with van der Waals surface area (Å²) in [5, 5.41) is 2.34. The van der Waals surface area contributed by atoms with Crippen LogP contribution in [0.5, 0.6) is 0 Å². The highest BCUT2D eigenvalue weighted by Gasteiger charge is 2.12. The van der Waals surface area contributed by atoms with Gasteiger partial charge in [0, 0.05) is 10.0 Å². The molecule has 0 heterocycles. The monoisotopic (exact) mass is 435 g/mol. The molecule has 0 unspecified atom stereocenters. The van der Waals surface area contributed by atoms with Gasteiger partial charge in [0.05, 0.1) is 18.2 Å². The highest BCUT2D eigenvalue weighted by Crippen LogP contribution is 2.15. The molecule has 9 heteroatoms. The number of carbonyl (C=O) groups excluding carboxylic acids is 3. The van der Waals surface area contributed by atoms with Crippen LogP contribution in [0.15, 0.2) is 53.0 Å². The van der Waals surface area contributed by atoms with Crippen molar-refractivity contribution in [2.24, 2.45) is 0 Å². The first-order chi connectivity index (χ1) is 12.4. The first kappa shape index (κ1) is 19.5. The number of esters is 1. The summed E-state index contributed by atoms with van der Waals surface area (Å²) in [6.45, 7) is 0. The van der Waals surface area contributed by atoms with Gasteiger partial charge in [-0.05, 0) is 64.5 Å². The number of rotatable bonds is 3. The Labute approximate surface area is 163 Å². The standard InChI is InChI=1S/C17H14BrN3O4S/c1-25-16(24)11-8-6-10(7-9-11)14(22)19-17(26)21-20-15(23)12-4-2-3-5-13(12)18/h2-9H,1H3,(H,20,23)(H2,19,21,22,26). The van der Waals surface area contributed by atoms with E-state index in [-0.39, 0.29) is 5.11 Å². The predicted octanol–water partition coefficient (Wildman–Crippen LogP) is 2.18. The molecule has 134 valence electrons. The van der Waals surface area contributed by atoms with Crippen molar-refractivity contribution in [3.05, 3.63) is 69.7 Å². The van der Waals surface area contributed by atoms with Crippen molar-refractivity contribution in [1.29, 1.82) is 0 Å². The lowest BCUT2D eigenvalue weighted by molar-refractivity contribution is 0.0600. The van der Waals surface area contributed by atoms with Crippen LogP contribution in [0.25, 0.3) is 0 Å². The topological polar surface area (TPSA) is 96.5 Å².